The van der Waals surface area contributed by atoms with Crippen molar-refractivity contribution in [3.8, 4) is 11.5 Å². The van der Waals surface area contributed by atoms with Crippen LogP contribution >= 0.6 is 0 Å². The molecule has 0 aliphatic carbocycles. The normalized spacial score (nSPS) is 11.4. The Morgan fingerprint density at radius 2 is 0.964 bits per heavy atom. The summed E-state index contributed by atoms with van der Waals surface area (Å²) in [7, 11) is -0.621. The fourth-order valence-corrected chi connectivity index (χ4v) is 5.64. The van der Waals surface area contributed by atoms with Gasteiger partial charge in [0.05, 0.1) is 0 Å². The van der Waals surface area contributed by atoms with E-state index in [-0.39, 0.29) is 11.5 Å². The Kier molecular flexibility index (Phi) is 8.31. The molecule has 0 N–H and O–H groups in total. The molecule has 0 saturated carbocycles. The van der Waals surface area contributed by atoms with Crippen LogP contribution in [0.1, 0.15) is 11.1 Å². The van der Waals surface area contributed by atoms with Crippen LogP contribution in [-0.4, -0.2) is 7.12 Å². The van der Waals surface area contributed by atoms with Gasteiger partial charge in [0.25, 0.3) is 0 Å². The van der Waals surface area contributed by atoms with Crippen LogP contribution in [0.3, 0.4) is 0 Å². The third-order valence-corrected chi connectivity index (χ3v) is 7.85. The van der Waals surface area contributed by atoms with E-state index in [2.05, 4.69) is 0 Å². The molecule has 0 unspecified atom stereocenters. The van der Waals surface area contributed by atoms with Gasteiger partial charge in [-0.25, -0.2) is 0 Å². The second kappa shape index (κ2) is 10.1. The molecule has 0 fully saturated rings. The SMILES string of the molecule is CB([O][Zn][O]c1ccc(C(F)(F)F)cc1)[O][Zn][O]c1ccc(C(F)(F)F)cc1. The van der Waals surface area contributed by atoms with Crippen molar-refractivity contribution in [1.82, 2.24) is 0 Å². The van der Waals surface area contributed by atoms with Gasteiger partial charge in [-0.2, -0.15) is 0 Å². The van der Waals surface area contributed by atoms with Crippen molar-refractivity contribution < 1.29 is 76.1 Å². The summed E-state index contributed by atoms with van der Waals surface area (Å²) in [5.74, 6) is 0.561. The third kappa shape index (κ3) is 7.70. The molecule has 0 heterocycles. The van der Waals surface area contributed by atoms with Gasteiger partial charge in [0, 0.05) is 0 Å². The first kappa shape index (κ1) is 23.1. The molecule has 0 aliphatic heterocycles. The Bertz CT molecular complexity index is 677. The molecule has 0 amide bonds. The molecule has 0 bridgehead atoms. The van der Waals surface area contributed by atoms with E-state index < -0.39 is 66.3 Å². The van der Waals surface area contributed by atoms with Gasteiger partial charge in [-0.1, -0.05) is 0 Å². The summed E-state index contributed by atoms with van der Waals surface area (Å²) in [6.07, 6.45) is -8.81. The molecule has 2 aromatic carbocycles. The number of hydrogen-bond acceptors (Lipinski definition) is 4. The van der Waals surface area contributed by atoms with Crippen molar-refractivity contribution >= 4 is 7.12 Å². The predicted molar refractivity (Wildman–Crippen MR) is 77.9 cm³/mol. The average molecular weight is 511 g/mol. The zero-order valence-electron chi connectivity index (χ0n) is 14.5. The summed E-state index contributed by atoms with van der Waals surface area (Å²) in [5.41, 5.74) is -1.53. The van der Waals surface area contributed by atoms with E-state index in [4.69, 9.17) is 14.1 Å². The van der Waals surface area contributed by atoms with Gasteiger partial charge in [0.2, 0.25) is 0 Å². The van der Waals surface area contributed by atoms with E-state index in [9.17, 15) is 26.3 Å². The van der Waals surface area contributed by atoms with Crippen LogP contribution in [0.5, 0.6) is 11.5 Å². The fraction of sp³-hybridized carbons (Fsp3) is 0.200. The first-order valence-electron chi connectivity index (χ1n) is 7.89. The van der Waals surface area contributed by atoms with Gasteiger partial charge in [-0.3, -0.25) is 0 Å². The van der Waals surface area contributed by atoms with Gasteiger partial charge in [-0.15, -0.1) is 0 Å². The molecule has 0 radical (unpaired) electrons. The van der Waals surface area contributed by atoms with Crippen LogP contribution in [0.4, 0.5) is 26.3 Å². The molecule has 0 aliphatic rings. The summed E-state index contributed by atoms with van der Waals surface area (Å²) in [5, 5.41) is 0. The third-order valence-electron chi connectivity index (χ3n) is 3.42. The first-order chi connectivity index (χ1) is 13.1. The van der Waals surface area contributed by atoms with Gasteiger partial charge >= 0.3 is 174 Å². The molecule has 2 aromatic rings. The van der Waals surface area contributed by atoms with Crippen molar-refractivity contribution in [1.29, 1.82) is 0 Å². The van der Waals surface area contributed by atoms with E-state index >= 15 is 0 Å². The van der Waals surface area contributed by atoms with Crippen molar-refractivity contribution in [2.24, 2.45) is 0 Å². The van der Waals surface area contributed by atoms with E-state index in [1.165, 1.54) is 24.3 Å². The van der Waals surface area contributed by atoms with Crippen LogP contribution in [0, 0.1) is 0 Å². The van der Waals surface area contributed by atoms with E-state index in [1.54, 1.807) is 6.82 Å². The molecule has 144 valence electrons. The Hall–Kier alpha value is -1.15. The van der Waals surface area contributed by atoms with Crippen LogP contribution < -0.4 is 7.13 Å². The monoisotopic (exact) mass is 508 g/mol. The molecule has 28 heavy (non-hydrogen) atoms. The summed E-state index contributed by atoms with van der Waals surface area (Å²) in [4.78, 5) is 0. The van der Waals surface area contributed by atoms with Gasteiger partial charge in [0.15, 0.2) is 0 Å². The summed E-state index contributed by atoms with van der Waals surface area (Å²) in [6, 6.07) is 8.55. The van der Waals surface area contributed by atoms with Gasteiger partial charge in [0.1, 0.15) is 0 Å². The van der Waals surface area contributed by atoms with E-state index in [0.29, 0.717) is 0 Å². The first-order valence-corrected chi connectivity index (χ1v) is 12.7. The maximum absolute atomic E-state index is 12.5. The fourth-order valence-electron chi connectivity index (χ4n) is 1.92. The molecule has 2 rings (SSSR count). The minimum absolute atomic E-state index is 0.280. The number of hydrogen-bond donors (Lipinski definition) is 0. The Labute approximate surface area is 173 Å². The van der Waals surface area contributed by atoms with E-state index in [0.717, 1.165) is 24.3 Å². The number of halogens is 6. The van der Waals surface area contributed by atoms with Gasteiger partial charge < -0.3 is 0 Å². The summed E-state index contributed by atoms with van der Waals surface area (Å²) in [6.45, 7) is 1.61. The predicted octanol–water partition coefficient (Wildman–Crippen LogP) is 5.16. The second-order valence-electron chi connectivity index (χ2n) is 5.47. The standard InChI is InChI=1S/2C7H5F3O.CH3BO2.2Zn/c2*8-7(9,10)5-1-3-6(11)4-2-5;1-2(3)4;;/h2*1-4,11H;1H3;;/q;;-2;2*+2/p-2. The average Bonchev–Trinajstić information content (AvgIpc) is 2.61. The molecular weight excluding hydrogens is 500 g/mol. The maximum atomic E-state index is 12.5. The number of benzene rings is 2. The van der Waals surface area contributed by atoms with Crippen LogP contribution in [0.25, 0.3) is 0 Å². The quantitative estimate of drug-likeness (QED) is 0.363. The van der Waals surface area contributed by atoms with Crippen LogP contribution in [0.15, 0.2) is 48.5 Å². The second-order valence-corrected chi connectivity index (χ2v) is 9.07. The molecule has 0 atom stereocenters. The number of alkyl halides is 6. The Morgan fingerprint density at radius 3 is 1.25 bits per heavy atom. The topological polar surface area (TPSA) is 36.9 Å². The Balaban J connectivity index is 1.67. The Morgan fingerprint density at radius 1 is 0.643 bits per heavy atom. The molecule has 0 spiro atoms. The van der Waals surface area contributed by atoms with Gasteiger partial charge in [-0.05, 0) is 0 Å². The minimum atomic E-state index is -4.40. The zero-order valence-corrected chi connectivity index (χ0v) is 20.4. The molecule has 13 heteroatoms. The number of rotatable bonds is 8. The van der Waals surface area contributed by atoms with Crippen molar-refractivity contribution in [2.45, 2.75) is 19.2 Å². The van der Waals surface area contributed by atoms with Crippen molar-refractivity contribution in [3.05, 3.63) is 59.7 Å². The van der Waals surface area contributed by atoms with Crippen molar-refractivity contribution in [2.75, 3.05) is 0 Å². The molecular formula is C15H11BF6O4Zn2. The van der Waals surface area contributed by atoms with Crippen LogP contribution in [-0.2, 0) is 55.0 Å². The van der Waals surface area contributed by atoms with E-state index in [1.807, 2.05) is 0 Å². The molecule has 0 saturated heterocycles. The molecule has 4 nitrogen and oxygen atoms in total. The zero-order chi connectivity index (χ0) is 20.8. The van der Waals surface area contributed by atoms with Crippen LogP contribution in [0.2, 0.25) is 6.82 Å². The molecule has 0 aromatic heterocycles. The summed E-state index contributed by atoms with van der Waals surface area (Å²) >= 11 is -4.01. The summed E-state index contributed by atoms with van der Waals surface area (Å²) < 4.78 is 96.2. The van der Waals surface area contributed by atoms with Crippen molar-refractivity contribution in [3.63, 3.8) is 0 Å².